The molecular weight excluding hydrogens is 424 g/mol. The first-order valence-electron chi connectivity index (χ1n) is 13.4. The summed E-state index contributed by atoms with van der Waals surface area (Å²) >= 11 is 0. The molecule has 5 nitrogen and oxygen atoms in total. The monoisotopic (exact) mass is 472 g/mol. The number of rotatable bonds is 13. The Kier molecular flexibility index (Phi) is 11.9. The van der Waals surface area contributed by atoms with E-state index in [0.29, 0.717) is 31.2 Å². The highest BCUT2D eigenvalue weighted by atomic mass is 16.5. The summed E-state index contributed by atoms with van der Waals surface area (Å²) in [5.41, 5.74) is 1.08. The lowest BCUT2D eigenvalue weighted by molar-refractivity contribution is -0.136. The molecule has 0 spiro atoms. The third kappa shape index (κ3) is 10.5. The number of benzene rings is 1. The number of piperidine rings is 1. The van der Waals surface area contributed by atoms with Gasteiger partial charge in [-0.05, 0) is 48.3 Å². The van der Waals surface area contributed by atoms with Gasteiger partial charge in [0.05, 0.1) is 7.11 Å². The molecule has 1 saturated heterocycles. The number of carbonyl (C=O) groups is 2. The van der Waals surface area contributed by atoms with Crippen molar-refractivity contribution in [2.45, 2.75) is 98.4 Å². The first kappa shape index (κ1) is 28.2. The fourth-order valence-corrected chi connectivity index (χ4v) is 4.66. The van der Waals surface area contributed by atoms with Crippen LogP contribution in [0.4, 0.5) is 0 Å². The van der Waals surface area contributed by atoms with Crippen LogP contribution in [-0.2, 0) is 16.1 Å². The molecule has 0 unspecified atom stereocenters. The summed E-state index contributed by atoms with van der Waals surface area (Å²) in [6.07, 6.45) is 10.4. The van der Waals surface area contributed by atoms with Crippen LogP contribution in [0.2, 0.25) is 0 Å². The van der Waals surface area contributed by atoms with E-state index in [2.05, 4.69) is 27.7 Å². The molecule has 1 heterocycles. The third-order valence-electron chi connectivity index (χ3n) is 6.76. The molecule has 1 aromatic rings. The predicted molar refractivity (Wildman–Crippen MR) is 140 cm³/mol. The molecule has 1 aliphatic heterocycles. The number of methoxy groups -OCH3 is 1. The van der Waals surface area contributed by atoms with Crippen molar-refractivity contribution in [3.8, 4) is 5.75 Å². The number of carbonyl (C=O) groups excluding carboxylic acids is 2. The van der Waals surface area contributed by atoms with E-state index in [0.717, 1.165) is 50.2 Å². The molecule has 2 rings (SSSR count). The molecular formula is C29H48N2O3. The number of amides is 2. The number of hydrogen-bond donors (Lipinski definition) is 0. The Morgan fingerprint density at radius 2 is 1.62 bits per heavy atom. The molecule has 0 radical (unpaired) electrons. The minimum atomic E-state index is -0.0401. The van der Waals surface area contributed by atoms with E-state index in [-0.39, 0.29) is 11.3 Å². The predicted octanol–water partition coefficient (Wildman–Crippen LogP) is 6.45. The average molecular weight is 473 g/mol. The van der Waals surface area contributed by atoms with Crippen LogP contribution in [0.25, 0.3) is 0 Å². The van der Waals surface area contributed by atoms with Crippen molar-refractivity contribution in [1.29, 1.82) is 0 Å². The smallest absolute Gasteiger partial charge is 0.223 e. The first-order valence-corrected chi connectivity index (χ1v) is 13.4. The highest BCUT2D eigenvalue weighted by Gasteiger charge is 2.27. The van der Waals surface area contributed by atoms with Crippen molar-refractivity contribution in [1.82, 2.24) is 9.80 Å². The Labute approximate surface area is 208 Å². The van der Waals surface area contributed by atoms with Crippen LogP contribution in [-0.4, -0.2) is 48.4 Å². The maximum absolute atomic E-state index is 13.2. The van der Waals surface area contributed by atoms with Crippen molar-refractivity contribution in [2.75, 3.05) is 26.7 Å². The van der Waals surface area contributed by atoms with Crippen molar-refractivity contribution >= 4 is 11.8 Å². The molecule has 192 valence electrons. The second kappa shape index (κ2) is 14.4. The van der Waals surface area contributed by atoms with Crippen molar-refractivity contribution in [3.05, 3.63) is 29.8 Å². The van der Waals surface area contributed by atoms with Gasteiger partial charge in [-0.2, -0.15) is 0 Å². The van der Waals surface area contributed by atoms with Crippen LogP contribution in [0.5, 0.6) is 5.75 Å². The zero-order valence-corrected chi connectivity index (χ0v) is 22.4. The van der Waals surface area contributed by atoms with Gasteiger partial charge in [0.2, 0.25) is 11.8 Å². The minimum absolute atomic E-state index is 0.0401. The van der Waals surface area contributed by atoms with Gasteiger partial charge in [-0.25, -0.2) is 0 Å². The van der Waals surface area contributed by atoms with Crippen LogP contribution < -0.4 is 4.74 Å². The summed E-state index contributed by atoms with van der Waals surface area (Å²) in [6, 6.07) is 7.99. The molecule has 5 heteroatoms. The Morgan fingerprint density at radius 1 is 1.00 bits per heavy atom. The lowest BCUT2D eigenvalue weighted by atomic mass is 9.90. The quantitative estimate of drug-likeness (QED) is 0.310. The molecule has 0 saturated carbocycles. The Bertz CT molecular complexity index is 731. The molecule has 1 fully saturated rings. The fourth-order valence-electron chi connectivity index (χ4n) is 4.66. The van der Waals surface area contributed by atoms with E-state index in [1.807, 2.05) is 34.1 Å². The lowest BCUT2D eigenvalue weighted by Crippen LogP contribution is -2.43. The highest BCUT2D eigenvalue weighted by molar-refractivity contribution is 5.77. The van der Waals surface area contributed by atoms with E-state index in [1.54, 1.807) is 7.11 Å². The topological polar surface area (TPSA) is 49.9 Å². The molecule has 0 aliphatic carbocycles. The molecule has 34 heavy (non-hydrogen) atoms. The van der Waals surface area contributed by atoms with Crippen LogP contribution in [0, 0.1) is 11.3 Å². The average Bonchev–Trinajstić information content (AvgIpc) is 2.80. The van der Waals surface area contributed by atoms with E-state index in [4.69, 9.17) is 4.74 Å². The normalized spacial score (nSPS) is 14.8. The van der Waals surface area contributed by atoms with Crippen LogP contribution in [0.15, 0.2) is 24.3 Å². The summed E-state index contributed by atoms with van der Waals surface area (Å²) in [4.78, 5) is 29.9. The molecule has 2 amide bonds. The standard InChI is InChI=1S/C29H48N2O3/c1-6-7-8-9-10-11-12-27(32)30-19-17-25(18-20-30)23-31(28(33)21-29(2,3)4)22-24-13-15-26(34-5)16-14-24/h13-16,25H,6-12,17-23H2,1-5H3. The van der Waals surface area contributed by atoms with Gasteiger partial charge >= 0.3 is 0 Å². The number of likely N-dealkylation sites (tertiary alicyclic amines) is 1. The molecule has 0 atom stereocenters. The van der Waals surface area contributed by atoms with E-state index >= 15 is 0 Å². The van der Waals surface area contributed by atoms with Crippen molar-refractivity contribution in [2.24, 2.45) is 11.3 Å². The van der Waals surface area contributed by atoms with Gasteiger partial charge in [0.1, 0.15) is 5.75 Å². The second-order valence-electron chi connectivity index (χ2n) is 11.2. The van der Waals surface area contributed by atoms with Crippen LogP contribution in [0.3, 0.4) is 0 Å². The van der Waals surface area contributed by atoms with Gasteiger partial charge in [-0.15, -0.1) is 0 Å². The van der Waals surface area contributed by atoms with Crippen LogP contribution >= 0.6 is 0 Å². The minimum Gasteiger partial charge on any atom is -0.497 e. The van der Waals surface area contributed by atoms with Gasteiger partial charge in [0.15, 0.2) is 0 Å². The van der Waals surface area contributed by atoms with Crippen molar-refractivity contribution in [3.63, 3.8) is 0 Å². The fraction of sp³-hybridized carbons (Fsp3) is 0.724. The Balaban J connectivity index is 1.86. The van der Waals surface area contributed by atoms with Crippen LogP contribution in [0.1, 0.15) is 97.5 Å². The maximum atomic E-state index is 13.2. The third-order valence-corrected chi connectivity index (χ3v) is 6.76. The number of unbranched alkanes of at least 4 members (excludes halogenated alkanes) is 5. The highest BCUT2D eigenvalue weighted by Crippen LogP contribution is 2.25. The summed E-state index contributed by atoms with van der Waals surface area (Å²) in [5.74, 6) is 1.80. The number of nitrogens with zero attached hydrogens (tertiary/aromatic N) is 2. The summed E-state index contributed by atoms with van der Waals surface area (Å²) in [6.45, 7) is 11.6. The molecule has 0 bridgehead atoms. The van der Waals surface area contributed by atoms with Gasteiger partial charge in [-0.1, -0.05) is 71.9 Å². The molecule has 1 aromatic carbocycles. The van der Waals surface area contributed by atoms with Gasteiger partial charge in [0, 0.05) is 39.0 Å². The van der Waals surface area contributed by atoms with Gasteiger partial charge < -0.3 is 14.5 Å². The SMILES string of the molecule is CCCCCCCCC(=O)N1CCC(CN(Cc2ccc(OC)cc2)C(=O)CC(C)(C)C)CC1. The zero-order chi connectivity index (χ0) is 25.0. The molecule has 0 N–H and O–H groups in total. The zero-order valence-electron chi connectivity index (χ0n) is 22.4. The summed E-state index contributed by atoms with van der Waals surface area (Å²) in [7, 11) is 1.67. The lowest BCUT2D eigenvalue weighted by Gasteiger charge is -2.36. The van der Waals surface area contributed by atoms with Gasteiger partial charge in [-0.3, -0.25) is 9.59 Å². The largest absolute Gasteiger partial charge is 0.497 e. The van der Waals surface area contributed by atoms with E-state index in [1.165, 1.54) is 32.1 Å². The Hall–Kier alpha value is -2.04. The first-order chi connectivity index (χ1) is 16.2. The summed E-state index contributed by atoms with van der Waals surface area (Å²) < 4.78 is 5.27. The van der Waals surface area contributed by atoms with E-state index in [9.17, 15) is 9.59 Å². The Morgan fingerprint density at radius 3 is 2.21 bits per heavy atom. The summed E-state index contributed by atoms with van der Waals surface area (Å²) in [5, 5.41) is 0. The number of hydrogen-bond acceptors (Lipinski definition) is 3. The van der Waals surface area contributed by atoms with Gasteiger partial charge in [0.25, 0.3) is 0 Å². The van der Waals surface area contributed by atoms with E-state index < -0.39 is 0 Å². The van der Waals surface area contributed by atoms with Crippen molar-refractivity contribution < 1.29 is 14.3 Å². The second-order valence-corrected chi connectivity index (χ2v) is 11.2. The number of ether oxygens (including phenoxy) is 1. The maximum Gasteiger partial charge on any atom is 0.223 e. The molecule has 1 aliphatic rings. The molecule has 0 aromatic heterocycles.